The first kappa shape index (κ1) is 15.2. The van der Waals surface area contributed by atoms with Gasteiger partial charge in [-0.15, -0.1) is 0 Å². The lowest BCUT2D eigenvalue weighted by Gasteiger charge is -2.09. The van der Waals surface area contributed by atoms with Gasteiger partial charge in [0, 0.05) is 6.54 Å². The number of nitrogens with one attached hydrogen (secondary N) is 1. The summed E-state index contributed by atoms with van der Waals surface area (Å²) in [5.74, 6) is -1.52. The molecule has 1 rings (SSSR count). The molecular weight excluding hydrogens is 305 g/mol. The van der Waals surface area contributed by atoms with Crippen molar-refractivity contribution in [3.05, 3.63) is 28.2 Å². The standard InChI is InChI=1S/C9H9Cl2NO5S/c10-6-2-1-5(3-7(6)11)18(16,17)12-4-8(13)9(14)15/h1-3,8,12-13H,4H2,(H,14,15). The van der Waals surface area contributed by atoms with Gasteiger partial charge in [0.05, 0.1) is 14.9 Å². The first-order valence-electron chi connectivity index (χ1n) is 4.59. The second-order valence-electron chi connectivity index (χ2n) is 3.28. The fraction of sp³-hybridized carbons (Fsp3) is 0.222. The van der Waals surface area contributed by atoms with Crippen LogP contribution in [-0.2, 0) is 14.8 Å². The molecule has 9 heteroatoms. The molecule has 1 unspecified atom stereocenters. The Morgan fingerprint density at radius 1 is 1.33 bits per heavy atom. The molecule has 100 valence electrons. The van der Waals surface area contributed by atoms with Crippen LogP contribution in [0.25, 0.3) is 0 Å². The molecule has 3 N–H and O–H groups in total. The van der Waals surface area contributed by atoms with Crippen LogP contribution in [-0.4, -0.2) is 37.2 Å². The minimum Gasteiger partial charge on any atom is -0.479 e. The van der Waals surface area contributed by atoms with E-state index in [0.29, 0.717) is 0 Å². The van der Waals surface area contributed by atoms with Crippen molar-refractivity contribution in [1.29, 1.82) is 0 Å². The molecular formula is C9H9Cl2NO5S. The third-order valence-electron chi connectivity index (χ3n) is 1.95. The van der Waals surface area contributed by atoms with Crippen molar-refractivity contribution in [2.24, 2.45) is 0 Å². The lowest BCUT2D eigenvalue weighted by molar-refractivity contribution is -0.146. The highest BCUT2D eigenvalue weighted by Gasteiger charge is 2.20. The number of carboxylic acids is 1. The molecule has 0 saturated heterocycles. The number of hydrogen-bond donors (Lipinski definition) is 3. The first-order valence-corrected chi connectivity index (χ1v) is 6.83. The highest BCUT2D eigenvalue weighted by Crippen LogP contribution is 2.24. The van der Waals surface area contributed by atoms with Crippen molar-refractivity contribution < 1.29 is 23.4 Å². The fourth-order valence-corrected chi connectivity index (χ4v) is 2.43. The van der Waals surface area contributed by atoms with E-state index in [2.05, 4.69) is 0 Å². The predicted molar refractivity (Wildman–Crippen MR) is 65.3 cm³/mol. The zero-order valence-corrected chi connectivity index (χ0v) is 11.1. The molecule has 0 heterocycles. The van der Waals surface area contributed by atoms with Gasteiger partial charge in [0.1, 0.15) is 0 Å². The largest absolute Gasteiger partial charge is 0.479 e. The minimum atomic E-state index is -3.94. The van der Waals surface area contributed by atoms with Crippen LogP contribution < -0.4 is 4.72 Å². The van der Waals surface area contributed by atoms with Gasteiger partial charge in [0.15, 0.2) is 6.10 Å². The van der Waals surface area contributed by atoms with Crippen LogP contribution in [0.1, 0.15) is 0 Å². The smallest absolute Gasteiger partial charge is 0.333 e. The maximum Gasteiger partial charge on any atom is 0.333 e. The van der Waals surface area contributed by atoms with Crippen LogP contribution in [0.15, 0.2) is 23.1 Å². The van der Waals surface area contributed by atoms with Crippen LogP contribution in [0.4, 0.5) is 0 Å². The number of rotatable bonds is 5. The highest BCUT2D eigenvalue weighted by molar-refractivity contribution is 7.89. The molecule has 6 nitrogen and oxygen atoms in total. The van der Waals surface area contributed by atoms with Crippen LogP contribution in [0.2, 0.25) is 10.0 Å². The molecule has 0 aliphatic rings. The Morgan fingerprint density at radius 3 is 2.44 bits per heavy atom. The van der Waals surface area contributed by atoms with Crippen LogP contribution in [0.3, 0.4) is 0 Å². The summed E-state index contributed by atoms with van der Waals surface area (Å²) in [6, 6.07) is 3.63. The number of aliphatic hydroxyl groups is 1. The lowest BCUT2D eigenvalue weighted by atomic mass is 10.4. The van der Waals surface area contributed by atoms with Crippen molar-refractivity contribution in [3.63, 3.8) is 0 Å². The van der Waals surface area contributed by atoms with Crippen LogP contribution >= 0.6 is 23.2 Å². The van der Waals surface area contributed by atoms with Crippen molar-refractivity contribution in [1.82, 2.24) is 4.72 Å². The third kappa shape index (κ3) is 3.82. The van der Waals surface area contributed by atoms with E-state index in [0.717, 1.165) is 6.07 Å². The Bertz CT molecular complexity index is 560. The van der Waals surface area contributed by atoms with E-state index >= 15 is 0 Å². The summed E-state index contributed by atoms with van der Waals surface area (Å²) in [7, 11) is -3.94. The van der Waals surface area contributed by atoms with Gasteiger partial charge in [-0.3, -0.25) is 0 Å². The zero-order valence-electron chi connectivity index (χ0n) is 8.80. The molecule has 1 aromatic carbocycles. The van der Waals surface area contributed by atoms with Crippen molar-refractivity contribution in [2.45, 2.75) is 11.0 Å². The molecule has 0 amide bonds. The SMILES string of the molecule is O=C(O)C(O)CNS(=O)(=O)c1ccc(Cl)c(Cl)c1. The molecule has 0 fully saturated rings. The van der Waals surface area contributed by atoms with Crippen LogP contribution in [0.5, 0.6) is 0 Å². The predicted octanol–water partition coefficient (Wildman–Crippen LogP) is 0.717. The lowest BCUT2D eigenvalue weighted by Crippen LogP contribution is -2.36. The Hall–Kier alpha value is -0.860. The number of aliphatic carboxylic acids is 1. The first-order chi connectivity index (χ1) is 8.24. The summed E-state index contributed by atoms with van der Waals surface area (Å²) in [5.41, 5.74) is 0. The van der Waals surface area contributed by atoms with E-state index in [1.165, 1.54) is 12.1 Å². The average Bonchev–Trinajstić information content (AvgIpc) is 2.29. The monoisotopic (exact) mass is 313 g/mol. The number of hydrogen-bond acceptors (Lipinski definition) is 4. The van der Waals surface area contributed by atoms with Crippen molar-refractivity contribution in [3.8, 4) is 0 Å². The van der Waals surface area contributed by atoms with E-state index < -0.39 is 28.6 Å². The van der Waals surface area contributed by atoms with Gasteiger partial charge in [-0.2, -0.15) is 0 Å². The van der Waals surface area contributed by atoms with Gasteiger partial charge in [-0.05, 0) is 18.2 Å². The molecule has 0 bridgehead atoms. The topological polar surface area (TPSA) is 104 Å². The van der Waals surface area contributed by atoms with Gasteiger partial charge < -0.3 is 10.2 Å². The third-order valence-corrected chi connectivity index (χ3v) is 4.11. The Kier molecular flexibility index (Phi) is 4.94. The summed E-state index contributed by atoms with van der Waals surface area (Å²) < 4.78 is 25.4. The molecule has 0 saturated carbocycles. The minimum absolute atomic E-state index is 0.0540. The number of carbonyl (C=O) groups is 1. The van der Waals surface area contributed by atoms with Gasteiger partial charge in [0.25, 0.3) is 0 Å². The Balaban J connectivity index is 2.87. The second kappa shape index (κ2) is 5.85. The number of sulfonamides is 1. The summed E-state index contributed by atoms with van der Waals surface area (Å²) in [6.07, 6.45) is -1.82. The number of aliphatic hydroxyl groups excluding tert-OH is 1. The Labute approximate surface area is 113 Å². The summed E-state index contributed by atoms with van der Waals surface area (Å²) >= 11 is 11.3. The van der Waals surface area contributed by atoms with E-state index in [9.17, 15) is 13.2 Å². The average molecular weight is 314 g/mol. The number of benzene rings is 1. The number of carboxylic acid groups (broad SMARTS) is 1. The maximum absolute atomic E-state index is 11.7. The van der Waals surface area contributed by atoms with Gasteiger partial charge in [-0.1, -0.05) is 23.2 Å². The second-order valence-corrected chi connectivity index (χ2v) is 5.86. The van der Waals surface area contributed by atoms with Gasteiger partial charge in [-0.25, -0.2) is 17.9 Å². The fourth-order valence-electron chi connectivity index (χ4n) is 1.00. The Morgan fingerprint density at radius 2 is 1.94 bits per heavy atom. The van der Waals surface area contributed by atoms with Gasteiger partial charge in [0.2, 0.25) is 10.0 Å². The summed E-state index contributed by atoms with van der Waals surface area (Å²) in [4.78, 5) is 10.2. The number of halogens is 2. The quantitative estimate of drug-likeness (QED) is 0.743. The van der Waals surface area contributed by atoms with Gasteiger partial charge >= 0.3 is 5.97 Å². The molecule has 0 aromatic heterocycles. The summed E-state index contributed by atoms with van der Waals surface area (Å²) in [6.45, 7) is -0.641. The van der Waals surface area contributed by atoms with E-state index in [4.69, 9.17) is 33.4 Å². The van der Waals surface area contributed by atoms with E-state index in [1.807, 2.05) is 4.72 Å². The molecule has 18 heavy (non-hydrogen) atoms. The van der Waals surface area contributed by atoms with E-state index in [1.54, 1.807) is 0 Å². The highest BCUT2D eigenvalue weighted by atomic mass is 35.5. The molecule has 0 aliphatic carbocycles. The van der Waals surface area contributed by atoms with Crippen molar-refractivity contribution >= 4 is 39.2 Å². The molecule has 0 spiro atoms. The van der Waals surface area contributed by atoms with E-state index in [-0.39, 0.29) is 14.9 Å². The molecule has 1 atom stereocenters. The maximum atomic E-state index is 11.7. The molecule has 1 aromatic rings. The van der Waals surface area contributed by atoms with Crippen molar-refractivity contribution in [2.75, 3.05) is 6.54 Å². The molecule has 0 radical (unpaired) electrons. The summed E-state index contributed by atoms with van der Waals surface area (Å²) in [5, 5.41) is 17.6. The zero-order chi connectivity index (χ0) is 13.9. The normalized spacial score (nSPS) is 13.3. The molecule has 0 aliphatic heterocycles. The van der Waals surface area contributed by atoms with Crippen LogP contribution in [0, 0.1) is 0 Å².